The van der Waals surface area contributed by atoms with Gasteiger partial charge in [-0.2, -0.15) is 0 Å². The molecule has 7 aromatic carbocycles. The van der Waals surface area contributed by atoms with Gasteiger partial charge in [0.15, 0.2) is 0 Å². The van der Waals surface area contributed by atoms with Gasteiger partial charge in [-0.25, -0.2) is 0 Å². The Balaban J connectivity index is 0.970. The van der Waals surface area contributed by atoms with Crippen molar-refractivity contribution < 1.29 is 4.42 Å². The molecule has 1 fully saturated rings. The van der Waals surface area contributed by atoms with E-state index in [4.69, 9.17) is 4.42 Å². The third kappa shape index (κ3) is 5.84. The first kappa shape index (κ1) is 36.0. The molecule has 12 rings (SSSR count). The normalized spacial score (nSPS) is 20.5. The van der Waals surface area contributed by atoms with E-state index in [1.54, 1.807) is 0 Å². The van der Waals surface area contributed by atoms with Crippen molar-refractivity contribution in [1.29, 1.82) is 0 Å². The van der Waals surface area contributed by atoms with Crippen LogP contribution in [0, 0.1) is 17.3 Å². The number of thiophene rings is 1. The number of nitrogens with zero attached hydrogens (tertiary/aromatic N) is 2. The van der Waals surface area contributed by atoms with Gasteiger partial charge in [-0.15, -0.1) is 11.3 Å². The van der Waals surface area contributed by atoms with Gasteiger partial charge in [-0.1, -0.05) is 128 Å². The molecule has 0 radical (unpaired) electrons. The van der Waals surface area contributed by atoms with E-state index in [-0.39, 0.29) is 11.3 Å². The van der Waals surface area contributed by atoms with Crippen molar-refractivity contribution in [2.75, 3.05) is 9.80 Å². The zero-order chi connectivity index (χ0) is 40.7. The van der Waals surface area contributed by atoms with Crippen LogP contribution >= 0.6 is 11.3 Å². The first-order valence-corrected chi connectivity index (χ1v) is 22.3. The molecule has 0 amide bonds. The summed E-state index contributed by atoms with van der Waals surface area (Å²) in [6, 6.07) is 59.7. The second-order valence-electron chi connectivity index (χ2n) is 17.1. The zero-order valence-electron chi connectivity index (χ0n) is 34.2. The van der Waals surface area contributed by atoms with Crippen LogP contribution < -0.4 is 9.80 Å². The summed E-state index contributed by atoms with van der Waals surface area (Å²) in [6.07, 6.45) is 15.2. The summed E-state index contributed by atoms with van der Waals surface area (Å²) in [6.45, 7) is 4.74. The van der Waals surface area contributed by atoms with Crippen molar-refractivity contribution in [3.8, 4) is 0 Å². The molecule has 2 heterocycles. The van der Waals surface area contributed by atoms with E-state index in [1.165, 1.54) is 54.4 Å². The van der Waals surface area contributed by atoms with Crippen molar-refractivity contribution in [3.63, 3.8) is 0 Å². The number of anilines is 5. The second kappa shape index (κ2) is 14.1. The fourth-order valence-corrected chi connectivity index (χ4v) is 11.3. The molecule has 0 bridgehead atoms. The number of furan rings is 1. The number of rotatable bonds is 8. The highest BCUT2D eigenvalue weighted by molar-refractivity contribution is 7.25. The summed E-state index contributed by atoms with van der Waals surface area (Å²) in [5.74, 6) is 1.39. The second-order valence-corrected chi connectivity index (χ2v) is 18.2. The number of benzene rings is 7. The lowest BCUT2D eigenvalue weighted by molar-refractivity contribution is 0.426. The molecule has 294 valence electrons. The maximum Gasteiger partial charge on any atom is 0.138 e. The van der Waals surface area contributed by atoms with Crippen LogP contribution in [0.15, 0.2) is 210 Å². The largest absolute Gasteiger partial charge is 0.456 e. The summed E-state index contributed by atoms with van der Waals surface area (Å²) in [7, 11) is 0. The van der Waals surface area contributed by atoms with Crippen LogP contribution in [0.2, 0.25) is 0 Å². The van der Waals surface area contributed by atoms with Gasteiger partial charge in [-0.3, -0.25) is 0 Å². The quantitative estimate of drug-likeness (QED) is 0.153. The molecule has 0 N–H and O–H groups in total. The van der Waals surface area contributed by atoms with Crippen LogP contribution in [0.3, 0.4) is 0 Å². The smallest absolute Gasteiger partial charge is 0.138 e. The average molecular weight is 805 g/mol. The van der Waals surface area contributed by atoms with Crippen molar-refractivity contribution in [2.45, 2.75) is 26.2 Å². The first-order valence-electron chi connectivity index (χ1n) is 21.5. The van der Waals surface area contributed by atoms with E-state index in [0.29, 0.717) is 11.8 Å². The maximum atomic E-state index is 6.71. The van der Waals surface area contributed by atoms with Crippen molar-refractivity contribution in [1.82, 2.24) is 0 Å². The highest BCUT2D eigenvalue weighted by Gasteiger charge is 2.43. The average Bonchev–Trinajstić information content (AvgIpc) is 3.72. The number of hydrogen-bond donors (Lipinski definition) is 0. The van der Waals surface area contributed by atoms with Crippen molar-refractivity contribution in [2.24, 2.45) is 17.3 Å². The predicted molar refractivity (Wildman–Crippen MR) is 259 cm³/mol. The summed E-state index contributed by atoms with van der Waals surface area (Å²) in [5.41, 5.74) is 12.4. The Labute approximate surface area is 360 Å². The van der Waals surface area contributed by atoms with Crippen LogP contribution in [0.1, 0.15) is 37.3 Å². The number of allylic oxidation sites excluding steroid dienone is 7. The lowest BCUT2D eigenvalue weighted by Gasteiger charge is -2.46. The van der Waals surface area contributed by atoms with Crippen LogP contribution in [0.25, 0.3) is 47.7 Å². The Morgan fingerprint density at radius 1 is 0.607 bits per heavy atom. The van der Waals surface area contributed by atoms with Crippen LogP contribution in [-0.4, -0.2) is 0 Å². The molecule has 0 aliphatic heterocycles. The molecule has 9 aromatic rings. The summed E-state index contributed by atoms with van der Waals surface area (Å²) < 4.78 is 9.34. The third-order valence-electron chi connectivity index (χ3n) is 13.4. The third-order valence-corrected chi connectivity index (χ3v) is 14.6. The molecule has 0 spiro atoms. The minimum atomic E-state index is -0.315. The van der Waals surface area contributed by atoms with Crippen LogP contribution in [0.4, 0.5) is 28.4 Å². The van der Waals surface area contributed by atoms with E-state index in [1.807, 2.05) is 11.3 Å². The summed E-state index contributed by atoms with van der Waals surface area (Å²) in [5, 5.41) is 4.94. The Morgan fingerprint density at radius 2 is 1.28 bits per heavy atom. The van der Waals surface area contributed by atoms with Crippen LogP contribution in [0.5, 0.6) is 0 Å². The molecule has 3 aliphatic rings. The molecule has 0 saturated heterocycles. The zero-order valence-corrected chi connectivity index (χ0v) is 35.0. The maximum absolute atomic E-state index is 6.71. The summed E-state index contributed by atoms with van der Waals surface area (Å²) in [4.78, 5) is 4.87. The number of fused-ring (bicyclic) bond motifs is 7. The topological polar surface area (TPSA) is 19.6 Å². The molecular weight excluding hydrogens is 761 g/mol. The van der Waals surface area contributed by atoms with Gasteiger partial charge in [0.05, 0.1) is 11.1 Å². The van der Waals surface area contributed by atoms with Gasteiger partial charge < -0.3 is 14.2 Å². The molecule has 3 aliphatic carbocycles. The molecule has 3 unspecified atom stereocenters. The lowest BCUT2D eigenvalue weighted by atomic mass is 9.64. The van der Waals surface area contributed by atoms with E-state index in [9.17, 15) is 0 Å². The monoisotopic (exact) mass is 804 g/mol. The highest BCUT2D eigenvalue weighted by Crippen LogP contribution is 2.54. The highest BCUT2D eigenvalue weighted by atomic mass is 32.1. The van der Waals surface area contributed by atoms with Crippen molar-refractivity contribution in [3.05, 3.63) is 217 Å². The standard InChI is InChI=1S/C57H44N2OS/c1-37-35-47(37)45-20-13-21-46-55-50(23-14-24-51(55)60-56(45)46)58(39-15-5-3-6-16-39)41-28-26-38(27-29-41)43-31-33-54(57(2)34-12-11-22-49(43)57)59(40-17-7-4-8-18-40)42-30-32-53-48(36-42)44-19-9-10-25-52(44)61-53/h3-34,36-37,47,49H,35H2,1-2H3/t37?,47-,49?,57?/m0/s1. The lowest BCUT2D eigenvalue weighted by Crippen LogP contribution is -2.38. The fourth-order valence-electron chi connectivity index (χ4n) is 10.2. The molecule has 61 heavy (non-hydrogen) atoms. The minimum absolute atomic E-state index is 0.125. The Kier molecular flexibility index (Phi) is 8.33. The number of para-hydroxylation sites is 3. The van der Waals surface area contributed by atoms with Gasteiger partial charge in [0.2, 0.25) is 0 Å². The molecule has 4 atom stereocenters. The predicted octanol–water partition coefficient (Wildman–Crippen LogP) is 16.4. The molecule has 2 aromatic heterocycles. The van der Waals surface area contributed by atoms with E-state index >= 15 is 0 Å². The SMILES string of the molecule is CC1C[C@@H]1c1cccc2c1oc1cccc(N(c3ccccc3)c3ccc(C4=CC=C(N(c5ccccc5)c5ccc6sc7ccccc7c6c5)C5(C)C=CC=CC45)cc3)c12. The van der Waals surface area contributed by atoms with Gasteiger partial charge in [0.25, 0.3) is 0 Å². The number of hydrogen-bond acceptors (Lipinski definition) is 4. The van der Waals surface area contributed by atoms with Gasteiger partial charge in [0.1, 0.15) is 11.2 Å². The Bertz CT molecular complexity index is 3280. The minimum Gasteiger partial charge on any atom is -0.456 e. The summed E-state index contributed by atoms with van der Waals surface area (Å²) >= 11 is 1.86. The fraction of sp³-hybridized carbons (Fsp3) is 0.123. The van der Waals surface area contributed by atoms with E-state index < -0.39 is 0 Å². The van der Waals surface area contributed by atoms with Crippen molar-refractivity contribution >= 4 is 87.5 Å². The molecule has 4 heteroatoms. The van der Waals surface area contributed by atoms with E-state index in [2.05, 4.69) is 224 Å². The molecular formula is C57H44N2OS. The Morgan fingerprint density at radius 3 is 2.07 bits per heavy atom. The molecule has 1 saturated carbocycles. The van der Waals surface area contributed by atoms with Crippen LogP contribution in [-0.2, 0) is 0 Å². The van der Waals surface area contributed by atoms with Gasteiger partial charge >= 0.3 is 0 Å². The Hall–Kier alpha value is -6.88. The first-order chi connectivity index (χ1) is 30.0. The van der Waals surface area contributed by atoms with Gasteiger partial charge in [0, 0.05) is 65.3 Å². The molecule has 3 nitrogen and oxygen atoms in total. The van der Waals surface area contributed by atoms with Gasteiger partial charge in [-0.05, 0) is 121 Å². The van der Waals surface area contributed by atoms with E-state index in [0.717, 1.165) is 45.0 Å².